The van der Waals surface area contributed by atoms with E-state index in [9.17, 15) is 9.59 Å². The second kappa shape index (κ2) is 5.87. The monoisotopic (exact) mass is 260 g/mol. The predicted octanol–water partition coefficient (Wildman–Crippen LogP) is 2.09. The van der Waals surface area contributed by atoms with Crippen LogP contribution in [0.25, 0.3) is 0 Å². The van der Waals surface area contributed by atoms with Crippen LogP contribution >= 0.6 is 0 Å². The highest BCUT2D eigenvalue weighted by Gasteiger charge is 2.23. The Morgan fingerprint density at radius 3 is 2.58 bits per heavy atom. The number of nitrogens with one attached hydrogen (secondary N) is 1. The van der Waals surface area contributed by atoms with Crippen LogP contribution in [0.15, 0.2) is 24.3 Å². The number of hydrogen-bond donors (Lipinski definition) is 2. The minimum Gasteiger partial charge on any atom is -0.366 e. The van der Waals surface area contributed by atoms with Crippen LogP contribution in [-0.2, 0) is 0 Å². The van der Waals surface area contributed by atoms with Crippen LogP contribution in [-0.4, -0.2) is 17.9 Å². The van der Waals surface area contributed by atoms with Crippen LogP contribution in [0.4, 0.5) is 0 Å². The van der Waals surface area contributed by atoms with Gasteiger partial charge >= 0.3 is 0 Å². The summed E-state index contributed by atoms with van der Waals surface area (Å²) in [6.45, 7) is 2.17. The third kappa shape index (κ3) is 3.34. The summed E-state index contributed by atoms with van der Waals surface area (Å²) in [6.07, 6.45) is 4.59. The van der Waals surface area contributed by atoms with Crippen LogP contribution < -0.4 is 11.1 Å². The van der Waals surface area contributed by atoms with Gasteiger partial charge in [-0.2, -0.15) is 0 Å². The van der Waals surface area contributed by atoms with Gasteiger partial charge in [-0.05, 0) is 37.0 Å². The molecule has 1 saturated carbocycles. The van der Waals surface area contributed by atoms with Crippen molar-refractivity contribution in [1.29, 1.82) is 0 Å². The zero-order chi connectivity index (χ0) is 13.8. The van der Waals surface area contributed by atoms with E-state index in [1.54, 1.807) is 24.3 Å². The largest absolute Gasteiger partial charge is 0.366 e. The predicted molar refractivity (Wildman–Crippen MR) is 73.8 cm³/mol. The molecule has 102 valence electrons. The third-order valence-electron chi connectivity index (χ3n) is 3.84. The standard InChI is InChI=1S/C15H20N2O2/c1-10-5-2-3-8-13(10)17-15(19)12-7-4-6-11(9-12)14(16)18/h4,6-7,9-10,13H,2-3,5,8H2,1H3,(H2,16,18)(H,17,19)/t10-,13+/m0/s1. The maximum atomic E-state index is 12.2. The Labute approximate surface area is 113 Å². The minimum atomic E-state index is -0.513. The van der Waals surface area contributed by atoms with Gasteiger partial charge in [-0.15, -0.1) is 0 Å². The minimum absolute atomic E-state index is 0.123. The molecule has 19 heavy (non-hydrogen) atoms. The topological polar surface area (TPSA) is 72.2 Å². The van der Waals surface area contributed by atoms with Gasteiger partial charge in [0.1, 0.15) is 0 Å². The summed E-state index contributed by atoms with van der Waals surface area (Å²) in [5.74, 6) is -0.125. The molecule has 1 aromatic rings. The van der Waals surface area contributed by atoms with E-state index in [0.717, 1.165) is 19.3 Å². The van der Waals surface area contributed by atoms with Crippen LogP contribution in [0.1, 0.15) is 53.3 Å². The second-order valence-electron chi connectivity index (χ2n) is 5.29. The summed E-state index contributed by atoms with van der Waals surface area (Å²) >= 11 is 0. The van der Waals surface area contributed by atoms with Crippen molar-refractivity contribution in [3.05, 3.63) is 35.4 Å². The Hall–Kier alpha value is -1.84. The van der Waals surface area contributed by atoms with E-state index in [0.29, 0.717) is 17.0 Å². The van der Waals surface area contributed by atoms with E-state index in [1.807, 2.05) is 0 Å². The molecule has 1 fully saturated rings. The normalized spacial score (nSPS) is 22.8. The average Bonchev–Trinajstić information content (AvgIpc) is 2.41. The van der Waals surface area contributed by atoms with Crippen molar-refractivity contribution in [2.24, 2.45) is 11.7 Å². The molecule has 0 radical (unpaired) electrons. The fourth-order valence-electron chi connectivity index (χ4n) is 2.60. The van der Waals surface area contributed by atoms with Gasteiger partial charge in [0.25, 0.3) is 5.91 Å². The summed E-state index contributed by atoms with van der Waals surface area (Å²) in [4.78, 5) is 23.3. The Balaban J connectivity index is 2.07. The van der Waals surface area contributed by atoms with E-state index in [4.69, 9.17) is 5.73 Å². The van der Waals surface area contributed by atoms with E-state index in [1.165, 1.54) is 6.42 Å². The fourth-order valence-corrected chi connectivity index (χ4v) is 2.60. The zero-order valence-electron chi connectivity index (χ0n) is 11.2. The molecule has 1 aliphatic carbocycles. The highest BCUT2D eigenvalue weighted by molar-refractivity contribution is 5.99. The number of primary amides is 1. The molecule has 2 amide bonds. The van der Waals surface area contributed by atoms with Crippen molar-refractivity contribution in [2.75, 3.05) is 0 Å². The van der Waals surface area contributed by atoms with Gasteiger partial charge in [-0.3, -0.25) is 9.59 Å². The lowest BCUT2D eigenvalue weighted by molar-refractivity contribution is 0.0910. The van der Waals surface area contributed by atoms with Gasteiger partial charge in [0.05, 0.1) is 0 Å². The lowest BCUT2D eigenvalue weighted by Gasteiger charge is -2.29. The van der Waals surface area contributed by atoms with Crippen molar-refractivity contribution in [3.63, 3.8) is 0 Å². The molecule has 0 saturated heterocycles. The molecule has 4 heteroatoms. The fraction of sp³-hybridized carbons (Fsp3) is 0.467. The summed E-state index contributed by atoms with van der Waals surface area (Å²) in [5.41, 5.74) is 6.08. The Kier molecular flexibility index (Phi) is 4.20. The number of hydrogen-bond acceptors (Lipinski definition) is 2. The molecule has 3 N–H and O–H groups in total. The Bertz CT molecular complexity index is 485. The first-order valence-electron chi connectivity index (χ1n) is 6.78. The summed E-state index contributed by atoms with van der Waals surface area (Å²) in [5, 5.41) is 3.06. The van der Waals surface area contributed by atoms with Crippen molar-refractivity contribution in [2.45, 2.75) is 38.6 Å². The Morgan fingerprint density at radius 2 is 1.89 bits per heavy atom. The van der Waals surface area contributed by atoms with Gasteiger partial charge in [0.2, 0.25) is 5.91 Å². The molecule has 0 bridgehead atoms. The first-order valence-corrected chi connectivity index (χ1v) is 6.78. The van der Waals surface area contributed by atoms with Crippen molar-refractivity contribution in [1.82, 2.24) is 5.32 Å². The van der Waals surface area contributed by atoms with Crippen molar-refractivity contribution >= 4 is 11.8 Å². The van der Waals surface area contributed by atoms with Crippen molar-refractivity contribution < 1.29 is 9.59 Å². The molecule has 1 aromatic carbocycles. The zero-order valence-corrected chi connectivity index (χ0v) is 11.2. The summed E-state index contributed by atoms with van der Waals surface area (Å²) < 4.78 is 0. The lowest BCUT2D eigenvalue weighted by atomic mass is 9.86. The average molecular weight is 260 g/mol. The van der Waals surface area contributed by atoms with Gasteiger partial charge in [0, 0.05) is 17.2 Å². The molecule has 0 unspecified atom stereocenters. The molecule has 0 aromatic heterocycles. The van der Waals surface area contributed by atoms with Crippen LogP contribution in [0, 0.1) is 5.92 Å². The number of rotatable bonds is 3. The first-order chi connectivity index (χ1) is 9.08. The van der Waals surface area contributed by atoms with E-state index >= 15 is 0 Å². The van der Waals surface area contributed by atoms with Crippen LogP contribution in [0.5, 0.6) is 0 Å². The molecule has 2 rings (SSSR count). The Morgan fingerprint density at radius 1 is 1.21 bits per heavy atom. The smallest absolute Gasteiger partial charge is 0.251 e. The second-order valence-corrected chi connectivity index (χ2v) is 5.29. The van der Waals surface area contributed by atoms with Gasteiger partial charge < -0.3 is 11.1 Å². The van der Waals surface area contributed by atoms with Gasteiger partial charge in [-0.1, -0.05) is 25.8 Å². The van der Waals surface area contributed by atoms with Crippen molar-refractivity contribution in [3.8, 4) is 0 Å². The molecule has 0 aliphatic heterocycles. The first kappa shape index (κ1) is 13.6. The van der Waals surface area contributed by atoms with E-state index in [2.05, 4.69) is 12.2 Å². The number of carbonyl (C=O) groups excluding carboxylic acids is 2. The molecular weight excluding hydrogens is 240 g/mol. The molecule has 0 heterocycles. The van der Waals surface area contributed by atoms with Crippen LogP contribution in [0.2, 0.25) is 0 Å². The SMILES string of the molecule is C[C@H]1CCCC[C@H]1NC(=O)c1cccc(C(N)=O)c1. The van der Waals surface area contributed by atoms with Crippen LogP contribution in [0.3, 0.4) is 0 Å². The number of nitrogens with two attached hydrogens (primary N) is 1. The quantitative estimate of drug-likeness (QED) is 0.873. The van der Waals surface area contributed by atoms with Gasteiger partial charge in [0.15, 0.2) is 0 Å². The summed E-state index contributed by atoms with van der Waals surface area (Å²) in [7, 11) is 0. The maximum absolute atomic E-state index is 12.2. The highest BCUT2D eigenvalue weighted by atomic mass is 16.2. The maximum Gasteiger partial charge on any atom is 0.251 e. The third-order valence-corrected chi connectivity index (χ3v) is 3.84. The molecule has 4 nitrogen and oxygen atoms in total. The van der Waals surface area contributed by atoms with Gasteiger partial charge in [-0.25, -0.2) is 0 Å². The molecule has 0 spiro atoms. The summed E-state index contributed by atoms with van der Waals surface area (Å²) in [6, 6.07) is 6.78. The van der Waals surface area contributed by atoms with E-state index < -0.39 is 5.91 Å². The van der Waals surface area contributed by atoms with E-state index in [-0.39, 0.29) is 11.9 Å². The number of amides is 2. The number of benzene rings is 1. The molecular formula is C15H20N2O2. The highest BCUT2D eigenvalue weighted by Crippen LogP contribution is 2.24. The molecule has 2 atom stereocenters. The number of carbonyl (C=O) groups is 2. The molecule has 1 aliphatic rings. The lowest BCUT2D eigenvalue weighted by Crippen LogP contribution is -2.41.